The zero-order valence-corrected chi connectivity index (χ0v) is 21.7. The van der Waals surface area contributed by atoms with Crippen LogP contribution in [-0.2, 0) is 16.6 Å². The predicted octanol–water partition coefficient (Wildman–Crippen LogP) is 5.68. The van der Waals surface area contributed by atoms with Crippen LogP contribution in [0.4, 0.5) is 5.69 Å². The molecule has 0 spiro atoms. The van der Waals surface area contributed by atoms with Gasteiger partial charge in [0.25, 0.3) is 0 Å². The molecule has 0 radical (unpaired) electrons. The molecule has 8 heteroatoms. The van der Waals surface area contributed by atoms with Crippen LogP contribution in [0.2, 0.25) is 0 Å². The fraction of sp³-hybridized carbons (Fsp3) is 0.423. The topological polar surface area (TPSA) is 63.9 Å². The Labute approximate surface area is 206 Å². The van der Waals surface area contributed by atoms with Gasteiger partial charge in [0.15, 0.2) is 4.80 Å². The van der Waals surface area contributed by atoms with Gasteiger partial charge < -0.3 is 9.30 Å². The van der Waals surface area contributed by atoms with Gasteiger partial charge in [-0.05, 0) is 67.1 Å². The molecule has 34 heavy (non-hydrogen) atoms. The Balaban J connectivity index is 1.64. The number of ether oxygens (including phenoxy) is 1. The average Bonchev–Trinajstić information content (AvgIpc) is 3.25. The van der Waals surface area contributed by atoms with E-state index in [1.165, 1.54) is 0 Å². The maximum Gasteiger partial charge on any atom is 0.243 e. The Morgan fingerprint density at radius 3 is 2.35 bits per heavy atom. The van der Waals surface area contributed by atoms with Gasteiger partial charge in [0.2, 0.25) is 10.0 Å². The Kier molecular flexibility index (Phi) is 7.91. The number of piperidine rings is 1. The van der Waals surface area contributed by atoms with Gasteiger partial charge in [-0.1, -0.05) is 32.4 Å². The third-order valence-corrected chi connectivity index (χ3v) is 9.14. The van der Waals surface area contributed by atoms with Gasteiger partial charge >= 0.3 is 0 Å². The lowest BCUT2D eigenvalue weighted by Crippen LogP contribution is -2.37. The van der Waals surface area contributed by atoms with E-state index in [9.17, 15) is 8.42 Å². The molecule has 0 bridgehead atoms. The van der Waals surface area contributed by atoms with Gasteiger partial charge in [-0.2, -0.15) is 4.31 Å². The molecule has 1 aromatic heterocycles. The molecule has 0 saturated carbocycles. The number of nitrogens with zero attached hydrogens (tertiary/aromatic N) is 3. The summed E-state index contributed by atoms with van der Waals surface area (Å²) < 4.78 is 35.3. The molecule has 1 saturated heterocycles. The van der Waals surface area contributed by atoms with Gasteiger partial charge in [0, 0.05) is 25.0 Å². The predicted molar refractivity (Wildman–Crippen MR) is 138 cm³/mol. The molecular weight excluding hydrogens is 466 g/mol. The number of hydrogen-bond acceptors (Lipinski definition) is 5. The van der Waals surface area contributed by atoms with E-state index in [4.69, 9.17) is 9.73 Å². The number of methoxy groups -OCH3 is 1. The summed E-state index contributed by atoms with van der Waals surface area (Å²) in [7, 11) is -1.80. The lowest BCUT2D eigenvalue weighted by molar-refractivity contribution is 0.288. The highest BCUT2D eigenvalue weighted by molar-refractivity contribution is 7.89. The molecule has 2 aromatic carbocycles. The number of thiazole rings is 1. The normalized spacial score (nSPS) is 16.1. The number of benzene rings is 2. The van der Waals surface area contributed by atoms with Crippen LogP contribution in [0.25, 0.3) is 11.3 Å². The van der Waals surface area contributed by atoms with Crippen molar-refractivity contribution in [3.8, 4) is 17.0 Å². The maximum atomic E-state index is 13.1. The van der Waals surface area contributed by atoms with E-state index >= 15 is 0 Å². The minimum Gasteiger partial charge on any atom is -0.497 e. The summed E-state index contributed by atoms with van der Waals surface area (Å²) in [6.45, 7) is 6.42. The van der Waals surface area contributed by atoms with Crippen LogP contribution < -0.4 is 9.54 Å². The summed E-state index contributed by atoms with van der Waals surface area (Å²) in [4.78, 5) is 6.15. The Hall–Kier alpha value is -2.42. The third-order valence-electron chi connectivity index (χ3n) is 6.36. The highest BCUT2D eigenvalue weighted by Crippen LogP contribution is 2.27. The number of rotatable bonds is 8. The smallest absolute Gasteiger partial charge is 0.243 e. The van der Waals surface area contributed by atoms with E-state index in [0.29, 0.717) is 23.9 Å². The highest BCUT2D eigenvalue weighted by Gasteiger charge is 2.28. The quantitative estimate of drug-likeness (QED) is 0.401. The first-order valence-electron chi connectivity index (χ1n) is 11.9. The second kappa shape index (κ2) is 10.9. The second-order valence-corrected chi connectivity index (χ2v) is 11.6. The van der Waals surface area contributed by atoms with E-state index in [0.717, 1.165) is 59.7 Å². The SMILES string of the molecule is CCCCn1c(-c2ccc(S(=O)(=O)N3CCC(C)CC3)cc2)csc1=Nc1ccc(OC)cc1. The maximum absolute atomic E-state index is 13.1. The van der Waals surface area contributed by atoms with E-state index < -0.39 is 10.0 Å². The van der Waals surface area contributed by atoms with Crippen LogP contribution in [0.1, 0.15) is 39.5 Å². The number of unbranched alkanes of at least 4 members (excludes halogenated alkanes) is 1. The monoisotopic (exact) mass is 499 g/mol. The lowest BCUT2D eigenvalue weighted by Gasteiger charge is -2.29. The van der Waals surface area contributed by atoms with Crippen LogP contribution >= 0.6 is 11.3 Å². The summed E-state index contributed by atoms with van der Waals surface area (Å²) >= 11 is 1.60. The summed E-state index contributed by atoms with van der Waals surface area (Å²) in [5.41, 5.74) is 2.92. The molecular formula is C26H33N3O3S2. The molecule has 2 heterocycles. The van der Waals surface area contributed by atoms with Crippen molar-refractivity contribution in [3.05, 3.63) is 58.7 Å². The minimum atomic E-state index is -3.45. The van der Waals surface area contributed by atoms with Gasteiger partial charge in [0.05, 0.1) is 23.4 Å². The van der Waals surface area contributed by atoms with Gasteiger partial charge in [-0.3, -0.25) is 0 Å². The summed E-state index contributed by atoms with van der Waals surface area (Å²) in [6.07, 6.45) is 3.96. The van der Waals surface area contributed by atoms with E-state index in [2.05, 4.69) is 23.8 Å². The molecule has 0 aliphatic carbocycles. The van der Waals surface area contributed by atoms with Crippen LogP contribution in [-0.4, -0.2) is 37.5 Å². The minimum absolute atomic E-state index is 0.365. The fourth-order valence-corrected chi connectivity index (χ4v) is 6.55. The summed E-state index contributed by atoms with van der Waals surface area (Å²) in [5, 5.41) is 2.10. The Morgan fingerprint density at radius 2 is 1.74 bits per heavy atom. The molecule has 1 aliphatic heterocycles. The molecule has 182 valence electrons. The zero-order chi connectivity index (χ0) is 24.1. The summed E-state index contributed by atoms with van der Waals surface area (Å²) in [6, 6.07) is 15.0. The van der Waals surface area contributed by atoms with Crippen molar-refractivity contribution in [3.63, 3.8) is 0 Å². The molecule has 4 rings (SSSR count). The highest BCUT2D eigenvalue weighted by atomic mass is 32.2. The second-order valence-electron chi connectivity index (χ2n) is 8.83. The lowest BCUT2D eigenvalue weighted by atomic mass is 10.0. The van der Waals surface area contributed by atoms with Crippen LogP contribution in [0, 0.1) is 5.92 Å². The van der Waals surface area contributed by atoms with Crippen LogP contribution in [0.15, 0.2) is 63.8 Å². The molecule has 0 amide bonds. The number of aromatic nitrogens is 1. The first kappa shape index (κ1) is 24.7. The van der Waals surface area contributed by atoms with Crippen LogP contribution in [0.3, 0.4) is 0 Å². The Bertz CT molecular complexity index is 1250. The van der Waals surface area contributed by atoms with Crippen molar-refractivity contribution in [2.45, 2.75) is 51.0 Å². The zero-order valence-electron chi connectivity index (χ0n) is 20.1. The van der Waals surface area contributed by atoms with Crippen molar-refractivity contribution in [1.29, 1.82) is 0 Å². The van der Waals surface area contributed by atoms with Crippen molar-refractivity contribution < 1.29 is 13.2 Å². The molecule has 0 N–H and O–H groups in total. The van der Waals surface area contributed by atoms with Crippen molar-refractivity contribution >= 4 is 27.0 Å². The largest absolute Gasteiger partial charge is 0.497 e. The van der Waals surface area contributed by atoms with E-state index in [-0.39, 0.29) is 0 Å². The van der Waals surface area contributed by atoms with Crippen molar-refractivity contribution in [1.82, 2.24) is 8.87 Å². The number of hydrogen-bond donors (Lipinski definition) is 0. The molecule has 0 atom stereocenters. The standard InChI is InChI=1S/C26H33N3O3S2/c1-4-5-16-29-25(19-33-26(29)27-22-8-10-23(32-3)11-9-22)21-6-12-24(13-7-21)34(30,31)28-17-14-20(2)15-18-28/h6-13,19-20H,4-5,14-18H2,1-3H3. The van der Waals surface area contributed by atoms with Crippen LogP contribution in [0.5, 0.6) is 5.75 Å². The average molecular weight is 500 g/mol. The molecule has 6 nitrogen and oxygen atoms in total. The van der Waals surface area contributed by atoms with Crippen molar-refractivity contribution in [2.24, 2.45) is 10.9 Å². The van der Waals surface area contributed by atoms with E-state index in [1.54, 1.807) is 34.9 Å². The van der Waals surface area contributed by atoms with E-state index in [1.807, 2.05) is 36.4 Å². The first-order valence-corrected chi connectivity index (χ1v) is 14.2. The number of sulfonamides is 1. The molecule has 1 aliphatic rings. The van der Waals surface area contributed by atoms with Gasteiger partial charge in [-0.25, -0.2) is 13.4 Å². The van der Waals surface area contributed by atoms with Gasteiger partial charge in [-0.15, -0.1) is 11.3 Å². The Morgan fingerprint density at radius 1 is 1.06 bits per heavy atom. The molecule has 1 fully saturated rings. The summed E-state index contributed by atoms with van der Waals surface area (Å²) in [5.74, 6) is 1.39. The molecule has 3 aromatic rings. The first-order chi connectivity index (χ1) is 16.4. The van der Waals surface area contributed by atoms with Crippen molar-refractivity contribution in [2.75, 3.05) is 20.2 Å². The fourth-order valence-electron chi connectivity index (χ4n) is 4.12. The van der Waals surface area contributed by atoms with Gasteiger partial charge in [0.1, 0.15) is 5.75 Å². The third kappa shape index (κ3) is 5.45. The molecule has 0 unspecified atom stereocenters.